The second-order valence-electron chi connectivity index (χ2n) is 8.18. The van der Waals surface area contributed by atoms with Crippen LogP contribution in [-0.4, -0.2) is 37.1 Å². The van der Waals surface area contributed by atoms with Gasteiger partial charge in [0.05, 0.1) is 5.92 Å². The average Bonchev–Trinajstić information content (AvgIpc) is 3.47. The summed E-state index contributed by atoms with van der Waals surface area (Å²) in [7, 11) is 0. The lowest BCUT2D eigenvalue weighted by molar-refractivity contribution is -0.146. The molecule has 2 unspecified atom stereocenters. The fourth-order valence-corrected chi connectivity index (χ4v) is 4.69. The average molecular weight is 364 g/mol. The van der Waals surface area contributed by atoms with Gasteiger partial charge in [0.15, 0.2) is 0 Å². The van der Waals surface area contributed by atoms with Crippen molar-refractivity contribution in [2.45, 2.75) is 31.6 Å². The highest BCUT2D eigenvalue weighted by Gasteiger charge is 2.61. The maximum atomic E-state index is 12.8. The summed E-state index contributed by atoms with van der Waals surface area (Å²) in [5, 5.41) is 0. The van der Waals surface area contributed by atoms with Crippen LogP contribution in [0.3, 0.4) is 0 Å². The minimum atomic E-state index is -0.223. The van der Waals surface area contributed by atoms with Crippen LogP contribution in [-0.2, 0) is 14.9 Å². The summed E-state index contributed by atoms with van der Waals surface area (Å²) in [5.74, 6) is 0.622. The van der Waals surface area contributed by atoms with Crippen LogP contribution in [0.2, 0.25) is 0 Å². The fraction of sp³-hybridized carbons (Fsp3) is 0.458. The standard InChI is InChI=1S/C24H29NO2/c1-19-9-8-14-25(18-19)15-16-27-23(26)22-17-24(22,20-10-4-2-5-11-20)21-12-6-3-7-13-21/h2-7,10-13,19,22H,8-9,14-18H2,1H3. The van der Waals surface area contributed by atoms with Gasteiger partial charge in [0.25, 0.3) is 0 Å². The SMILES string of the molecule is CC1CCCN(CCOC(=O)C2CC2(c2ccccc2)c2ccccc2)C1. The molecule has 4 rings (SSSR count). The predicted octanol–water partition coefficient (Wildman–Crippen LogP) is 4.27. The maximum absolute atomic E-state index is 12.8. The molecule has 0 radical (unpaired) electrons. The van der Waals surface area contributed by atoms with E-state index in [9.17, 15) is 4.79 Å². The van der Waals surface area contributed by atoms with E-state index in [4.69, 9.17) is 4.74 Å². The number of ether oxygens (including phenoxy) is 1. The van der Waals surface area contributed by atoms with Crippen molar-refractivity contribution in [1.29, 1.82) is 0 Å². The van der Waals surface area contributed by atoms with Crippen molar-refractivity contribution in [2.75, 3.05) is 26.2 Å². The number of likely N-dealkylation sites (tertiary alicyclic amines) is 1. The van der Waals surface area contributed by atoms with Gasteiger partial charge in [-0.25, -0.2) is 0 Å². The number of rotatable bonds is 6. The molecule has 2 aliphatic rings. The molecule has 1 saturated heterocycles. The number of piperidine rings is 1. The van der Waals surface area contributed by atoms with Gasteiger partial charge in [0.1, 0.15) is 6.61 Å². The Bertz CT molecular complexity index is 719. The molecule has 3 nitrogen and oxygen atoms in total. The first-order chi connectivity index (χ1) is 13.2. The van der Waals surface area contributed by atoms with Crippen LogP contribution in [0.4, 0.5) is 0 Å². The molecule has 1 aliphatic carbocycles. The first kappa shape index (κ1) is 18.2. The highest BCUT2D eigenvalue weighted by molar-refractivity contribution is 5.81. The Kier molecular flexibility index (Phi) is 5.31. The number of esters is 1. The molecule has 0 amide bonds. The quantitative estimate of drug-likeness (QED) is 0.718. The van der Waals surface area contributed by atoms with Gasteiger partial charge in [-0.2, -0.15) is 0 Å². The summed E-state index contributed by atoms with van der Waals surface area (Å²) >= 11 is 0. The van der Waals surface area contributed by atoms with Crippen LogP contribution in [0.1, 0.15) is 37.3 Å². The molecular formula is C24H29NO2. The molecule has 2 aromatic rings. The number of hydrogen-bond acceptors (Lipinski definition) is 3. The van der Waals surface area contributed by atoms with Gasteiger partial charge < -0.3 is 4.74 Å². The van der Waals surface area contributed by atoms with Crippen molar-refractivity contribution < 1.29 is 9.53 Å². The van der Waals surface area contributed by atoms with Crippen LogP contribution < -0.4 is 0 Å². The fourth-order valence-electron chi connectivity index (χ4n) is 4.69. The number of carbonyl (C=O) groups is 1. The van der Waals surface area contributed by atoms with E-state index >= 15 is 0 Å². The van der Waals surface area contributed by atoms with Crippen LogP contribution in [0.15, 0.2) is 60.7 Å². The molecule has 2 aromatic carbocycles. The van der Waals surface area contributed by atoms with E-state index in [0.29, 0.717) is 6.61 Å². The Balaban J connectivity index is 1.42. The molecule has 0 spiro atoms. The third-order valence-corrected chi connectivity index (χ3v) is 6.22. The Morgan fingerprint density at radius 2 is 1.70 bits per heavy atom. The molecule has 27 heavy (non-hydrogen) atoms. The number of carbonyl (C=O) groups excluding carboxylic acids is 1. The molecule has 2 atom stereocenters. The number of hydrogen-bond donors (Lipinski definition) is 0. The van der Waals surface area contributed by atoms with Crippen molar-refractivity contribution >= 4 is 5.97 Å². The molecule has 0 aromatic heterocycles. The van der Waals surface area contributed by atoms with Gasteiger partial charge in [-0.15, -0.1) is 0 Å². The third-order valence-electron chi connectivity index (χ3n) is 6.22. The van der Waals surface area contributed by atoms with E-state index in [1.54, 1.807) is 0 Å². The lowest BCUT2D eigenvalue weighted by Gasteiger charge is -2.30. The van der Waals surface area contributed by atoms with E-state index in [-0.39, 0.29) is 17.3 Å². The van der Waals surface area contributed by atoms with E-state index in [2.05, 4.69) is 60.4 Å². The van der Waals surface area contributed by atoms with Crippen LogP contribution >= 0.6 is 0 Å². The first-order valence-electron chi connectivity index (χ1n) is 10.2. The molecule has 0 bridgehead atoms. The van der Waals surface area contributed by atoms with Crippen LogP contribution in [0.25, 0.3) is 0 Å². The van der Waals surface area contributed by atoms with Gasteiger partial charge in [-0.1, -0.05) is 67.6 Å². The van der Waals surface area contributed by atoms with Gasteiger partial charge in [0.2, 0.25) is 0 Å². The Hall–Kier alpha value is -2.13. The summed E-state index contributed by atoms with van der Waals surface area (Å²) in [4.78, 5) is 15.3. The molecule has 1 saturated carbocycles. The molecule has 3 heteroatoms. The predicted molar refractivity (Wildman–Crippen MR) is 108 cm³/mol. The monoisotopic (exact) mass is 363 g/mol. The number of nitrogens with zero attached hydrogens (tertiary/aromatic N) is 1. The summed E-state index contributed by atoms with van der Waals surface area (Å²) in [6.07, 6.45) is 3.40. The molecular weight excluding hydrogens is 334 g/mol. The lowest BCUT2D eigenvalue weighted by atomic mass is 9.86. The molecule has 1 heterocycles. The normalized spacial score (nSPS) is 24.3. The topological polar surface area (TPSA) is 29.5 Å². The third kappa shape index (κ3) is 3.79. The van der Waals surface area contributed by atoms with Crippen molar-refractivity contribution in [3.8, 4) is 0 Å². The first-order valence-corrected chi connectivity index (χ1v) is 10.2. The molecule has 142 valence electrons. The van der Waals surface area contributed by atoms with Gasteiger partial charge in [0, 0.05) is 18.5 Å². The van der Waals surface area contributed by atoms with Crippen molar-refractivity contribution in [2.24, 2.45) is 11.8 Å². The Labute approximate surface area is 162 Å². The van der Waals surface area contributed by atoms with Gasteiger partial charge in [-0.05, 0) is 42.9 Å². The minimum absolute atomic E-state index is 0.0484. The maximum Gasteiger partial charge on any atom is 0.310 e. The summed E-state index contributed by atoms with van der Waals surface area (Å²) < 4.78 is 5.72. The molecule has 2 fully saturated rings. The zero-order valence-electron chi connectivity index (χ0n) is 16.1. The zero-order chi connectivity index (χ0) is 18.7. The molecule has 1 aliphatic heterocycles. The summed E-state index contributed by atoms with van der Waals surface area (Å²) in [6.45, 7) is 5.91. The van der Waals surface area contributed by atoms with Crippen molar-refractivity contribution in [3.63, 3.8) is 0 Å². The van der Waals surface area contributed by atoms with E-state index in [1.165, 1.54) is 24.0 Å². The second kappa shape index (κ2) is 7.85. The Morgan fingerprint density at radius 1 is 1.07 bits per heavy atom. The Morgan fingerprint density at radius 3 is 2.30 bits per heavy atom. The second-order valence-corrected chi connectivity index (χ2v) is 8.18. The van der Waals surface area contributed by atoms with Crippen LogP contribution in [0, 0.1) is 11.8 Å². The van der Waals surface area contributed by atoms with Crippen molar-refractivity contribution in [3.05, 3.63) is 71.8 Å². The van der Waals surface area contributed by atoms with Crippen LogP contribution in [0.5, 0.6) is 0 Å². The largest absolute Gasteiger partial charge is 0.464 e. The van der Waals surface area contributed by atoms with Gasteiger partial charge in [-0.3, -0.25) is 9.69 Å². The van der Waals surface area contributed by atoms with E-state index in [1.807, 2.05) is 12.1 Å². The van der Waals surface area contributed by atoms with E-state index in [0.717, 1.165) is 32.0 Å². The summed E-state index contributed by atoms with van der Waals surface area (Å²) in [6, 6.07) is 20.8. The minimum Gasteiger partial charge on any atom is -0.464 e. The van der Waals surface area contributed by atoms with Gasteiger partial charge >= 0.3 is 5.97 Å². The summed E-state index contributed by atoms with van der Waals surface area (Å²) in [5.41, 5.74) is 2.20. The van der Waals surface area contributed by atoms with E-state index < -0.39 is 0 Å². The highest BCUT2D eigenvalue weighted by atomic mass is 16.5. The lowest BCUT2D eigenvalue weighted by Crippen LogP contribution is -2.37. The number of benzene rings is 2. The highest BCUT2D eigenvalue weighted by Crippen LogP contribution is 2.59. The van der Waals surface area contributed by atoms with Crippen molar-refractivity contribution in [1.82, 2.24) is 4.90 Å². The molecule has 0 N–H and O–H groups in total. The smallest absolute Gasteiger partial charge is 0.310 e. The zero-order valence-corrected chi connectivity index (χ0v) is 16.1.